The Labute approximate surface area is 191 Å². The topological polar surface area (TPSA) is 86.1 Å². The Bertz CT molecular complexity index is 1270. The quantitative estimate of drug-likeness (QED) is 0.315. The van der Waals surface area contributed by atoms with Crippen molar-refractivity contribution in [2.24, 2.45) is 5.92 Å². The molecule has 1 aliphatic rings. The minimum absolute atomic E-state index is 0.0504. The molecule has 13 heteroatoms. The van der Waals surface area contributed by atoms with Gasteiger partial charge >= 0.3 is 10.2 Å². The molecule has 2 aromatic heterocycles. The number of halogens is 5. The summed E-state index contributed by atoms with van der Waals surface area (Å²) >= 11 is 0. The Hall–Kier alpha value is -3.22. The van der Waals surface area contributed by atoms with Gasteiger partial charge in [0.05, 0.1) is 24.4 Å². The summed E-state index contributed by atoms with van der Waals surface area (Å²) in [6.07, 6.45) is 5.83. The van der Waals surface area contributed by atoms with Crippen LogP contribution in [0.1, 0.15) is 42.2 Å². The van der Waals surface area contributed by atoms with Gasteiger partial charge in [0.25, 0.3) is 5.91 Å². The number of carbonyl (C=O) groups excluding carboxylic acids is 2. The first-order valence-electron chi connectivity index (χ1n) is 10.3. The van der Waals surface area contributed by atoms with E-state index in [9.17, 15) is 29.0 Å². The summed E-state index contributed by atoms with van der Waals surface area (Å²) in [4.78, 5) is 26.4. The highest BCUT2D eigenvalue weighted by atomic mass is 32.5. The molecule has 0 aliphatic heterocycles. The lowest BCUT2D eigenvalue weighted by Gasteiger charge is -2.39. The standard InChI is InChI=1S/C21H21F5N4O3S/c1-33-19-10-17-14(11-30(29-17)15-7-5-13(12-31)6-8-15)9-18(19)28-21(32)16-3-2-4-20(27-16)34(22,23,24,25)26/h2-4,9-13,15H,5-8H2,1H3,(H,28,32). The first kappa shape index (κ1) is 23.9. The van der Waals surface area contributed by atoms with Crippen LogP contribution in [0.2, 0.25) is 0 Å². The Balaban J connectivity index is 1.61. The van der Waals surface area contributed by atoms with E-state index >= 15 is 0 Å². The molecule has 1 aromatic carbocycles. The third kappa shape index (κ3) is 4.98. The van der Waals surface area contributed by atoms with Crippen LogP contribution in [0.15, 0.2) is 41.6 Å². The van der Waals surface area contributed by atoms with E-state index in [1.54, 1.807) is 16.9 Å². The Morgan fingerprint density at radius 2 is 1.85 bits per heavy atom. The molecule has 0 atom stereocenters. The van der Waals surface area contributed by atoms with Crippen molar-refractivity contribution in [1.29, 1.82) is 0 Å². The molecule has 184 valence electrons. The van der Waals surface area contributed by atoms with Crippen molar-refractivity contribution in [1.82, 2.24) is 14.8 Å². The number of aldehydes is 1. The maximum absolute atomic E-state index is 13.1. The first-order valence-corrected chi connectivity index (χ1v) is 12.3. The zero-order valence-corrected chi connectivity index (χ0v) is 18.7. The molecule has 1 amide bonds. The highest BCUT2D eigenvalue weighted by molar-refractivity contribution is 8.45. The number of nitrogens with one attached hydrogen (secondary N) is 1. The van der Waals surface area contributed by atoms with Gasteiger partial charge in [-0.05, 0) is 43.9 Å². The minimum Gasteiger partial charge on any atom is -0.494 e. The molecule has 0 unspecified atom stereocenters. The van der Waals surface area contributed by atoms with Crippen LogP contribution in [-0.2, 0) is 4.79 Å². The fourth-order valence-corrected chi connectivity index (χ4v) is 4.58. The predicted octanol–water partition coefficient (Wildman–Crippen LogP) is 6.28. The van der Waals surface area contributed by atoms with Crippen LogP contribution in [-0.4, -0.2) is 34.1 Å². The minimum atomic E-state index is -10.0. The van der Waals surface area contributed by atoms with E-state index < -0.39 is 26.9 Å². The fourth-order valence-electron chi connectivity index (χ4n) is 3.97. The average molecular weight is 504 g/mol. The molecule has 0 radical (unpaired) electrons. The summed E-state index contributed by atoms with van der Waals surface area (Å²) < 4.78 is 72.4. The Morgan fingerprint density at radius 3 is 2.47 bits per heavy atom. The molecule has 3 aromatic rings. The average Bonchev–Trinajstić information content (AvgIpc) is 3.20. The number of benzene rings is 1. The highest BCUT2D eigenvalue weighted by Crippen LogP contribution is 3.01. The van der Waals surface area contributed by atoms with Crippen LogP contribution in [0.5, 0.6) is 5.75 Å². The first-order chi connectivity index (χ1) is 15.8. The van der Waals surface area contributed by atoms with E-state index in [1.165, 1.54) is 13.2 Å². The van der Waals surface area contributed by atoms with E-state index in [0.717, 1.165) is 38.0 Å². The van der Waals surface area contributed by atoms with Crippen LogP contribution < -0.4 is 10.1 Å². The molecule has 1 aliphatic carbocycles. The molecule has 2 heterocycles. The van der Waals surface area contributed by atoms with Gasteiger partial charge in [-0.3, -0.25) is 9.48 Å². The van der Waals surface area contributed by atoms with Gasteiger partial charge in [0.15, 0.2) is 5.03 Å². The van der Waals surface area contributed by atoms with E-state index in [1.807, 2.05) is 0 Å². The number of hydrogen-bond donors (Lipinski definition) is 1. The molecule has 34 heavy (non-hydrogen) atoms. The van der Waals surface area contributed by atoms with Gasteiger partial charge in [0.1, 0.15) is 17.7 Å². The largest absolute Gasteiger partial charge is 0.494 e. The molecule has 4 rings (SSSR count). The van der Waals surface area contributed by atoms with Crippen molar-refractivity contribution in [3.8, 4) is 5.75 Å². The number of fused-ring (bicyclic) bond motifs is 1. The SMILES string of the molecule is COc1cc2nn(C3CCC(C=O)CC3)cc2cc1NC(=O)c1cccc(S(F)(F)(F)(F)F)n1. The van der Waals surface area contributed by atoms with E-state index in [-0.39, 0.29) is 29.5 Å². The van der Waals surface area contributed by atoms with Gasteiger partial charge in [-0.2, -0.15) is 5.10 Å². The monoisotopic (exact) mass is 504 g/mol. The number of aromatic nitrogens is 3. The lowest BCUT2D eigenvalue weighted by Crippen LogP contribution is -2.19. The van der Waals surface area contributed by atoms with Crippen LogP contribution in [0, 0.1) is 5.92 Å². The zero-order valence-electron chi connectivity index (χ0n) is 17.9. The lowest BCUT2D eigenvalue weighted by atomic mass is 9.87. The lowest BCUT2D eigenvalue weighted by molar-refractivity contribution is -0.112. The van der Waals surface area contributed by atoms with Gasteiger partial charge in [0.2, 0.25) is 0 Å². The molecule has 0 saturated heterocycles. The van der Waals surface area contributed by atoms with E-state index in [4.69, 9.17) is 4.74 Å². The predicted molar refractivity (Wildman–Crippen MR) is 117 cm³/mol. The summed E-state index contributed by atoms with van der Waals surface area (Å²) in [6, 6.07) is 4.91. The van der Waals surface area contributed by atoms with E-state index in [0.29, 0.717) is 17.0 Å². The maximum atomic E-state index is 13.1. The summed E-state index contributed by atoms with van der Waals surface area (Å²) in [5, 5.41) is 5.16. The second-order valence-corrected chi connectivity index (χ2v) is 10.6. The summed E-state index contributed by atoms with van der Waals surface area (Å²) in [7, 11) is -8.70. The zero-order chi connectivity index (χ0) is 24.8. The number of carbonyl (C=O) groups is 2. The Kier molecular flexibility index (Phi) is 5.38. The third-order valence-corrected chi connectivity index (χ3v) is 6.77. The second-order valence-electron chi connectivity index (χ2n) is 8.21. The number of methoxy groups -OCH3 is 1. The molecular formula is C21H21F5N4O3S. The van der Waals surface area contributed by atoms with Crippen LogP contribution in [0.25, 0.3) is 10.9 Å². The molecule has 0 bridgehead atoms. The molecule has 1 saturated carbocycles. The van der Waals surface area contributed by atoms with Gasteiger partial charge in [-0.25, -0.2) is 4.98 Å². The van der Waals surface area contributed by atoms with Crippen molar-refractivity contribution < 1.29 is 33.8 Å². The third-order valence-electron chi connectivity index (χ3n) is 5.75. The smallest absolute Gasteiger partial charge is 0.325 e. The normalized spacial score (nSPS) is 20.9. The summed E-state index contributed by atoms with van der Waals surface area (Å²) in [5.74, 6) is -0.880. The Morgan fingerprint density at radius 1 is 1.15 bits per heavy atom. The van der Waals surface area contributed by atoms with E-state index in [2.05, 4.69) is 15.4 Å². The molecule has 1 N–H and O–H groups in total. The van der Waals surface area contributed by atoms with Gasteiger partial charge in [-0.1, -0.05) is 25.5 Å². The molecule has 1 fully saturated rings. The van der Waals surface area contributed by atoms with Crippen molar-refractivity contribution >= 4 is 39.0 Å². The number of amides is 1. The number of anilines is 1. The van der Waals surface area contributed by atoms with Crippen molar-refractivity contribution in [3.05, 3.63) is 42.2 Å². The fraction of sp³-hybridized carbons (Fsp3) is 0.333. The van der Waals surface area contributed by atoms with Crippen molar-refractivity contribution in [2.45, 2.75) is 36.8 Å². The number of rotatable bonds is 6. The van der Waals surface area contributed by atoms with Gasteiger partial charge in [-0.15, -0.1) is 0 Å². The van der Waals surface area contributed by atoms with Crippen molar-refractivity contribution in [2.75, 3.05) is 12.4 Å². The summed E-state index contributed by atoms with van der Waals surface area (Å²) in [5.41, 5.74) is -0.146. The molecule has 7 nitrogen and oxygen atoms in total. The maximum Gasteiger partial charge on any atom is 0.325 e. The number of pyridine rings is 1. The van der Waals surface area contributed by atoms with Gasteiger partial charge in [0, 0.05) is 23.6 Å². The molecule has 0 spiro atoms. The second kappa shape index (κ2) is 7.65. The van der Waals surface area contributed by atoms with Crippen LogP contribution >= 0.6 is 10.2 Å². The van der Waals surface area contributed by atoms with Crippen LogP contribution in [0.3, 0.4) is 0 Å². The number of hydrogen-bond acceptors (Lipinski definition) is 5. The van der Waals surface area contributed by atoms with Crippen molar-refractivity contribution in [3.63, 3.8) is 0 Å². The number of nitrogens with zero attached hydrogens (tertiary/aromatic N) is 3. The highest BCUT2D eigenvalue weighted by Gasteiger charge is 2.67. The molecular weight excluding hydrogens is 483 g/mol. The summed E-state index contributed by atoms with van der Waals surface area (Å²) in [6.45, 7) is 0. The van der Waals surface area contributed by atoms with Gasteiger partial charge < -0.3 is 14.8 Å². The number of ether oxygens (including phenoxy) is 1. The van der Waals surface area contributed by atoms with Crippen LogP contribution in [0.4, 0.5) is 25.1 Å².